The van der Waals surface area contributed by atoms with Gasteiger partial charge in [-0.05, 0) is 31.5 Å². The van der Waals surface area contributed by atoms with Crippen molar-refractivity contribution in [3.05, 3.63) is 28.9 Å². The molecule has 1 heterocycles. The normalized spacial score (nSPS) is 12.3. The van der Waals surface area contributed by atoms with Crippen LogP contribution >= 0.6 is 34.2 Å². The number of benzene rings is 1. The molecule has 2 rings (SSSR count). The highest BCUT2D eigenvalue weighted by atomic mass is 127. The van der Waals surface area contributed by atoms with Crippen LogP contribution < -0.4 is 0 Å². The molecule has 0 spiro atoms. The molecule has 2 nitrogen and oxygen atoms in total. The van der Waals surface area contributed by atoms with Crippen molar-refractivity contribution in [2.24, 2.45) is 0 Å². The summed E-state index contributed by atoms with van der Waals surface area (Å²) in [6.45, 7) is 4.28. The van der Waals surface area contributed by atoms with Crippen LogP contribution in [0.25, 0.3) is 10.9 Å². The largest absolute Gasteiger partial charge is 0.278 e. The predicted molar refractivity (Wildman–Crippen MR) is 68.1 cm³/mol. The van der Waals surface area contributed by atoms with Gasteiger partial charge in [-0.3, -0.25) is 5.10 Å². The van der Waals surface area contributed by atoms with Crippen LogP contribution in [-0.4, -0.2) is 10.2 Å². The number of rotatable bonds is 1. The van der Waals surface area contributed by atoms with Crippen molar-refractivity contribution in [3.63, 3.8) is 0 Å². The lowest BCUT2D eigenvalue weighted by molar-refractivity contribution is 0.836. The number of halogens is 2. The van der Waals surface area contributed by atoms with Crippen LogP contribution in [0.3, 0.4) is 0 Å². The summed E-state index contributed by atoms with van der Waals surface area (Å²) < 4.78 is 0.0121. The van der Waals surface area contributed by atoms with Crippen LogP contribution in [0, 0.1) is 0 Å². The summed E-state index contributed by atoms with van der Waals surface area (Å²) in [5.74, 6) is 0. The average Bonchev–Trinajstić information content (AvgIpc) is 2.48. The summed E-state index contributed by atoms with van der Waals surface area (Å²) in [5.41, 5.74) is 2.18. The van der Waals surface area contributed by atoms with E-state index in [1.165, 1.54) is 0 Å². The smallest absolute Gasteiger partial charge is 0.0654 e. The Morgan fingerprint density at radius 2 is 2.14 bits per heavy atom. The lowest BCUT2D eigenvalue weighted by atomic mass is 9.99. The van der Waals surface area contributed by atoms with E-state index in [0.29, 0.717) is 0 Å². The van der Waals surface area contributed by atoms with Gasteiger partial charge in [0, 0.05) is 13.8 Å². The van der Waals surface area contributed by atoms with Gasteiger partial charge >= 0.3 is 0 Å². The van der Waals surface area contributed by atoms with Crippen LogP contribution in [0.15, 0.2) is 18.3 Å². The highest BCUT2D eigenvalue weighted by molar-refractivity contribution is 14.1. The van der Waals surface area contributed by atoms with Crippen LogP contribution in [0.2, 0.25) is 5.02 Å². The molecule has 2 aromatic rings. The molecular weight excluding hydrogens is 310 g/mol. The van der Waals surface area contributed by atoms with Gasteiger partial charge in [-0.15, -0.1) is 0 Å². The number of aromatic nitrogens is 2. The Morgan fingerprint density at radius 3 is 2.79 bits per heavy atom. The monoisotopic (exact) mass is 320 g/mol. The van der Waals surface area contributed by atoms with Crippen LogP contribution in [0.1, 0.15) is 19.4 Å². The lowest BCUT2D eigenvalue weighted by Crippen LogP contribution is -2.07. The van der Waals surface area contributed by atoms with Crippen molar-refractivity contribution >= 4 is 45.1 Å². The molecule has 0 aliphatic rings. The van der Waals surface area contributed by atoms with E-state index >= 15 is 0 Å². The number of fused-ring (bicyclic) bond motifs is 1. The molecule has 0 bridgehead atoms. The third kappa shape index (κ3) is 1.63. The SMILES string of the molecule is CC(C)(I)c1c(Cl)ccc2[nH]ncc12. The molecule has 0 saturated carbocycles. The minimum absolute atomic E-state index is 0.0121. The van der Waals surface area contributed by atoms with Gasteiger partial charge in [-0.2, -0.15) is 5.10 Å². The number of nitrogens with zero attached hydrogens (tertiary/aromatic N) is 1. The third-order valence-electron chi connectivity index (χ3n) is 2.17. The molecule has 0 atom stereocenters. The van der Waals surface area contributed by atoms with Gasteiger partial charge in [0.1, 0.15) is 0 Å². The van der Waals surface area contributed by atoms with E-state index in [1.54, 1.807) is 0 Å². The maximum atomic E-state index is 6.20. The molecule has 0 aliphatic heterocycles. The summed E-state index contributed by atoms with van der Waals surface area (Å²) in [6, 6.07) is 3.87. The Hall–Kier alpha value is -0.290. The molecule has 4 heteroatoms. The molecule has 0 fully saturated rings. The molecule has 74 valence electrons. The number of hydrogen-bond donors (Lipinski definition) is 1. The van der Waals surface area contributed by atoms with Gasteiger partial charge in [0.2, 0.25) is 0 Å². The molecule has 0 saturated heterocycles. The van der Waals surface area contributed by atoms with Crippen molar-refractivity contribution in [1.29, 1.82) is 0 Å². The van der Waals surface area contributed by atoms with Gasteiger partial charge in [0.15, 0.2) is 0 Å². The molecule has 0 aliphatic carbocycles. The highest BCUT2D eigenvalue weighted by Gasteiger charge is 2.22. The number of aromatic amines is 1. The second kappa shape index (κ2) is 3.38. The van der Waals surface area contributed by atoms with Crippen molar-refractivity contribution in [2.45, 2.75) is 17.3 Å². The van der Waals surface area contributed by atoms with Gasteiger partial charge in [-0.1, -0.05) is 34.2 Å². The fourth-order valence-electron chi connectivity index (χ4n) is 1.60. The van der Waals surface area contributed by atoms with Gasteiger partial charge in [0.25, 0.3) is 0 Å². The molecule has 1 aromatic carbocycles. The average molecular weight is 321 g/mol. The zero-order valence-corrected chi connectivity index (χ0v) is 10.8. The molecule has 1 N–H and O–H groups in total. The van der Waals surface area contributed by atoms with Crippen LogP contribution in [0.4, 0.5) is 0 Å². The first-order valence-corrected chi connectivity index (χ1v) is 5.77. The van der Waals surface area contributed by atoms with E-state index in [9.17, 15) is 0 Å². The van der Waals surface area contributed by atoms with Crippen molar-refractivity contribution in [2.75, 3.05) is 0 Å². The van der Waals surface area contributed by atoms with E-state index in [4.69, 9.17) is 11.6 Å². The summed E-state index contributed by atoms with van der Waals surface area (Å²) in [6.07, 6.45) is 1.83. The summed E-state index contributed by atoms with van der Waals surface area (Å²) >= 11 is 8.59. The van der Waals surface area contributed by atoms with E-state index in [1.807, 2.05) is 18.3 Å². The quantitative estimate of drug-likeness (QED) is 0.627. The van der Waals surface area contributed by atoms with E-state index < -0.39 is 0 Å². The Kier molecular flexibility index (Phi) is 2.47. The highest BCUT2D eigenvalue weighted by Crippen LogP contribution is 2.39. The zero-order chi connectivity index (χ0) is 10.3. The molecule has 0 amide bonds. The Labute approximate surface area is 101 Å². The lowest BCUT2D eigenvalue weighted by Gasteiger charge is -2.19. The zero-order valence-electron chi connectivity index (χ0n) is 7.94. The summed E-state index contributed by atoms with van der Waals surface area (Å²) in [5, 5.41) is 8.89. The van der Waals surface area contributed by atoms with Gasteiger partial charge in [-0.25, -0.2) is 0 Å². The second-order valence-corrected chi connectivity index (χ2v) is 6.83. The van der Waals surface area contributed by atoms with Crippen LogP contribution in [-0.2, 0) is 3.42 Å². The molecule has 0 unspecified atom stereocenters. The Morgan fingerprint density at radius 1 is 1.43 bits per heavy atom. The topological polar surface area (TPSA) is 28.7 Å². The number of hydrogen-bond acceptors (Lipinski definition) is 1. The Bertz CT molecular complexity index is 470. The molecule has 1 aromatic heterocycles. The predicted octanol–water partition coefficient (Wildman–Crippen LogP) is 3.89. The summed E-state index contributed by atoms with van der Waals surface area (Å²) in [7, 11) is 0. The van der Waals surface area contributed by atoms with E-state index in [2.05, 4.69) is 46.6 Å². The van der Waals surface area contributed by atoms with Gasteiger partial charge < -0.3 is 0 Å². The first-order valence-electron chi connectivity index (χ1n) is 4.31. The second-order valence-electron chi connectivity index (χ2n) is 3.73. The minimum atomic E-state index is 0.0121. The minimum Gasteiger partial charge on any atom is -0.278 e. The fraction of sp³-hybridized carbons (Fsp3) is 0.300. The number of alkyl halides is 1. The van der Waals surface area contributed by atoms with Crippen molar-refractivity contribution in [3.8, 4) is 0 Å². The van der Waals surface area contributed by atoms with E-state index in [-0.39, 0.29) is 3.42 Å². The fourth-order valence-corrected chi connectivity index (χ4v) is 2.74. The number of nitrogens with one attached hydrogen (secondary N) is 1. The van der Waals surface area contributed by atoms with Gasteiger partial charge in [0.05, 0.1) is 11.7 Å². The first kappa shape index (κ1) is 10.2. The maximum absolute atomic E-state index is 6.20. The van der Waals surface area contributed by atoms with Crippen molar-refractivity contribution < 1.29 is 0 Å². The molecular formula is C10H10ClIN2. The maximum Gasteiger partial charge on any atom is 0.0654 e. The van der Waals surface area contributed by atoms with E-state index in [0.717, 1.165) is 21.5 Å². The summed E-state index contributed by atoms with van der Waals surface area (Å²) in [4.78, 5) is 0. The third-order valence-corrected chi connectivity index (χ3v) is 3.02. The Balaban J connectivity index is 2.83. The standard InChI is InChI=1S/C10H10ClIN2/c1-10(2,12)9-6-5-13-14-8(6)4-3-7(9)11/h3-5H,1-2H3,(H,13,14). The molecule has 14 heavy (non-hydrogen) atoms. The number of H-pyrrole nitrogens is 1. The van der Waals surface area contributed by atoms with Crippen molar-refractivity contribution in [1.82, 2.24) is 10.2 Å². The first-order chi connectivity index (χ1) is 6.50. The molecule has 0 radical (unpaired) electrons. The van der Waals surface area contributed by atoms with Crippen LogP contribution in [0.5, 0.6) is 0 Å².